The number of aliphatic imine (C=N–C) groups is 1. The Hall–Kier alpha value is -1.35. The van der Waals surface area contributed by atoms with E-state index in [1.807, 2.05) is 7.05 Å². The average molecular weight is 515 g/mol. The van der Waals surface area contributed by atoms with Crippen molar-refractivity contribution >= 4 is 35.9 Å². The predicted octanol–water partition coefficient (Wildman–Crippen LogP) is 3.12. The number of nitrogens with one attached hydrogen (secondary N) is 1. The van der Waals surface area contributed by atoms with E-state index in [9.17, 15) is 4.79 Å². The summed E-state index contributed by atoms with van der Waals surface area (Å²) in [5.41, 5.74) is 2.80. The lowest BCUT2D eigenvalue weighted by molar-refractivity contribution is -0.146. The molecular formula is C22H34IN3O3. The number of esters is 1. The average Bonchev–Trinajstić information content (AvgIpc) is 2.75. The minimum Gasteiger partial charge on any atom is -0.469 e. The van der Waals surface area contributed by atoms with Crippen LogP contribution >= 0.6 is 24.0 Å². The Balaban J connectivity index is 0.00000300. The topological polar surface area (TPSA) is 63.2 Å². The number of ether oxygens (including phenoxy) is 2. The zero-order valence-corrected chi connectivity index (χ0v) is 20.1. The molecule has 7 heteroatoms. The highest BCUT2D eigenvalue weighted by Gasteiger charge is 2.36. The van der Waals surface area contributed by atoms with Gasteiger partial charge in [-0.05, 0) is 43.7 Å². The number of aryl methyl sites for hydroxylation is 1. The second-order valence-corrected chi connectivity index (χ2v) is 7.89. The highest BCUT2D eigenvalue weighted by atomic mass is 127. The number of piperidine rings is 1. The Kier molecular flexibility index (Phi) is 9.20. The molecular weight excluding hydrogens is 481 g/mol. The molecule has 2 saturated heterocycles. The highest BCUT2D eigenvalue weighted by Crippen LogP contribution is 2.36. The van der Waals surface area contributed by atoms with Gasteiger partial charge in [0.2, 0.25) is 0 Å². The summed E-state index contributed by atoms with van der Waals surface area (Å²) in [5.74, 6) is 0.833. The van der Waals surface area contributed by atoms with E-state index in [0.717, 1.165) is 64.5 Å². The van der Waals surface area contributed by atoms with Crippen molar-refractivity contribution in [3.63, 3.8) is 0 Å². The summed E-state index contributed by atoms with van der Waals surface area (Å²) in [5, 5.41) is 3.64. The van der Waals surface area contributed by atoms with Crippen LogP contribution in [0.15, 0.2) is 29.3 Å². The van der Waals surface area contributed by atoms with Gasteiger partial charge in [-0.2, -0.15) is 0 Å². The third-order valence-corrected chi connectivity index (χ3v) is 6.29. The largest absolute Gasteiger partial charge is 0.469 e. The van der Waals surface area contributed by atoms with Gasteiger partial charge in [0.25, 0.3) is 0 Å². The molecule has 2 aliphatic rings. The van der Waals surface area contributed by atoms with Gasteiger partial charge >= 0.3 is 5.97 Å². The third-order valence-electron chi connectivity index (χ3n) is 6.29. The standard InChI is InChI=1S/C22H33N3O3.HI/c1-17-6-4-5-7-19(17)22(10-14-28-15-11-22)16-24-21(23-2)25-12-8-18(9-13-25)20(26)27-3;/h4-7,18H,8-16H2,1-3H3,(H,23,24);1H. The normalized spacial score (nSPS) is 20.0. The molecule has 162 valence electrons. The van der Waals surface area contributed by atoms with E-state index in [-0.39, 0.29) is 41.3 Å². The summed E-state index contributed by atoms with van der Waals surface area (Å²) in [6, 6.07) is 8.68. The molecule has 1 aromatic rings. The van der Waals surface area contributed by atoms with Crippen molar-refractivity contribution < 1.29 is 14.3 Å². The third kappa shape index (κ3) is 5.63. The fourth-order valence-corrected chi connectivity index (χ4v) is 4.55. The molecule has 0 atom stereocenters. The van der Waals surface area contributed by atoms with Crippen LogP contribution in [0.4, 0.5) is 0 Å². The Morgan fingerprint density at radius 2 is 1.93 bits per heavy atom. The van der Waals surface area contributed by atoms with Gasteiger partial charge in [0.05, 0.1) is 13.0 Å². The second-order valence-electron chi connectivity index (χ2n) is 7.89. The first-order valence-electron chi connectivity index (χ1n) is 10.3. The molecule has 2 heterocycles. The minimum atomic E-state index is -0.0942. The molecule has 0 saturated carbocycles. The Labute approximate surface area is 191 Å². The lowest BCUT2D eigenvalue weighted by Crippen LogP contribution is -2.51. The number of nitrogens with zero attached hydrogens (tertiary/aromatic N) is 2. The number of benzene rings is 1. The Morgan fingerprint density at radius 3 is 2.52 bits per heavy atom. The van der Waals surface area contributed by atoms with Crippen LogP contribution in [0.1, 0.15) is 36.8 Å². The van der Waals surface area contributed by atoms with E-state index in [2.05, 4.69) is 46.4 Å². The van der Waals surface area contributed by atoms with Crippen molar-refractivity contribution in [2.24, 2.45) is 10.9 Å². The van der Waals surface area contributed by atoms with Crippen LogP contribution in [0.3, 0.4) is 0 Å². The molecule has 2 aliphatic heterocycles. The van der Waals surface area contributed by atoms with E-state index in [1.54, 1.807) is 0 Å². The van der Waals surface area contributed by atoms with Gasteiger partial charge in [-0.15, -0.1) is 24.0 Å². The molecule has 0 amide bonds. The second kappa shape index (κ2) is 11.2. The molecule has 1 aromatic carbocycles. The van der Waals surface area contributed by atoms with Crippen molar-refractivity contribution in [1.82, 2.24) is 10.2 Å². The number of halogens is 1. The number of guanidine groups is 1. The number of likely N-dealkylation sites (tertiary alicyclic amines) is 1. The van der Waals surface area contributed by atoms with E-state index in [1.165, 1.54) is 18.2 Å². The summed E-state index contributed by atoms with van der Waals surface area (Å²) in [6.45, 7) is 6.25. The van der Waals surface area contributed by atoms with Gasteiger partial charge in [0.15, 0.2) is 5.96 Å². The van der Waals surface area contributed by atoms with Crippen LogP contribution < -0.4 is 5.32 Å². The molecule has 0 unspecified atom stereocenters. The summed E-state index contributed by atoms with van der Waals surface area (Å²) < 4.78 is 10.6. The fraction of sp³-hybridized carbons (Fsp3) is 0.636. The SMILES string of the molecule is CN=C(NCC1(c2ccccc2C)CCOCC1)N1CCC(C(=O)OC)CC1.I. The van der Waals surface area contributed by atoms with Gasteiger partial charge in [-0.25, -0.2) is 0 Å². The first-order chi connectivity index (χ1) is 13.6. The quantitative estimate of drug-likeness (QED) is 0.289. The van der Waals surface area contributed by atoms with Crippen molar-refractivity contribution in [1.29, 1.82) is 0 Å². The number of hydrogen-bond acceptors (Lipinski definition) is 4. The summed E-state index contributed by atoms with van der Waals surface area (Å²) in [7, 11) is 3.30. The maximum Gasteiger partial charge on any atom is 0.308 e. The van der Waals surface area contributed by atoms with Gasteiger partial charge < -0.3 is 19.7 Å². The van der Waals surface area contributed by atoms with Crippen molar-refractivity contribution in [3.8, 4) is 0 Å². The van der Waals surface area contributed by atoms with E-state index >= 15 is 0 Å². The van der Waals surface area contributed by atoms with E-state index in [4.69, 9.17) is 9.47 Å². The smallest absolute Gasteiger partial charge is 0.308 e. The van der Waals surface area contributed by atoms with Crippen molar-refractivity contribution in [2.45, 2.75) is 38.0 Å². The maximum absolute atomic E-state index is 11.8. The summed E-state index contributed by atoms with van der Waals surface area (Å²) >= 11 is 0. The molecule has 0 spiro atoms. The monoisotopic (exact) mass is 515 g/mol. The maximum atomic E-state index is 11.8. The van der Waals surface area contributed by atoms with Gasteiger partial charge in [-0.3, -0.25) is 9.79 Å². The van der Waals surface area contributed by atoms with Gasteiger partial charge in [0, 0.05) is 45.3 Å². The number of methoxy groups -OCH3 is 1. The van der Waals surface area contributed by atoms with Crippen molar-refractivity contribution in [2.75, 3.05) is 47.0 Å². The molecule has 0 bridgehead atoms. The zero-order valence-electron chi connectivity index (χ0n) is 17.8. The van der Waals surface area contributed by atoms with Crippen LogP contribution in [-0.2, 0) is 19.7 Å². The van der Waals surface area contributed by atoms with Crippen LogP contribution in [0.2, 0.25) is 0 Å². The van der Waals surface area contributed by atoms with Crippen LogP contribution in [0.25, 0.3) is 0 Å². The molecule has 1 N–H and O–H groups in total. The summed E-state index contributed by atoms with van der Waals surface area (Å²) in [4.78, 5) is 18.5. The molecule has 29 heavy (non-hydrogen) atoms. The molecule has 6 nitrogen and oxygen atoms in total. The van der Waals surface area contributed by atoms with E-state index in [0.29, 0.717) is 0 Å². The van der Waals surface area contributed by atoms with E-state index < -0.39 is 0 Å². The van der Waals surface area contributed by atoms with Crippen molar-refractivity contribution in [3.05, 3.63) is 35.4 Å². The molecule has 2 fully saturated rings. The lowest BCUT2D eigenvalue weighted by atomic mass is 9.72. The number of hydrogen-bond donors (Lipinski definition) is 1. The van der Waals surface area contributed by atoms with Crippen LogP contribution in [0, 0.1) is 12.8 Å². The van der Waals surface area contributed by atoms with Gasteiger partial charge in [0.1, 0.15) is 0 Å². The first-order valence-corrected chi connectivity index (χ1v) is 10.3. The Bertz CT molecular complexity index is 696. The summed E-state index contributed by atoms with van der Waals surface area (Å²) in [6.07, 6.45) is 3.63. The van der Waals surface area contributed by atoms with Crippen LogP contribution in [0.5, 0.6) is 0 Å². The van der Waals surface area contributed by atoms with Gasteiger partial charge in [-0.1, -0.05) is 24.3 Å². The minimum absolute atomic E-state index is 0. The number of rotatable bonds is 4. The molecule has 0 aliphatic carbocycles. The molecule has 0 aromatic heterocycles. The first kappa shape index (κ1) is 23.9. The van der Waals surface area contributed by atoms with Crippen LogP contribution in [-0.4, -0.2) is 63.8 Å². The highest BCUT2D eigenvalue weighted by molar-refractivity contribution is 14.0. The molecule has 0 radical (unpaired) electrons. The Morgan fingerprint density at radius 1 is 1.28 bits per heavy atom. The zero-order chi connectivity index (χ0) is 20.0. The molecule has 3 rings (SSSR count). The number of carbonyl (C=O) groups is 1. The number of carbonyl (C=O) groups excluding carboxylic acids is 1. The predicted molar refractivity (Wildman–Crippen MR) is 126 cm³/mol. The lowest BCUT2D eigenvalue weighted by Gasteiger charge is -2.40. The fourth-order valence-electron chi connectivity index (χ4n) is 4.55.